The number of aromatic nitrogens is 5. The largest absolute Gasteiger partial charge is 0.416 e. The van der Waals surface area contributed by atoms with Gasteiger partial charge in [0.15, 0.2) is 5.82 Å². The molecular weight excluding hydrogens is 450 g/mol. The first kappa shape index (κ1) is 22.6. The molecule has 0 aliphatic carbocycles. The number of rotatable bonds is 6. The lowest BCUT2D eigenvalue weighted by Gasteiger charge is -2.22. The lowest BCUT2D eigenvalue weighted by Crippen LogP contribution is -2.24. The average Bonchev–Trinajstić information content (AvgIpc) is 3.25. The number of pyridine rings is 1. The van der Waals surface area contributed by atoms with Crippen molar-refractivity contribution in [3.63, 3.8) is 0 Å². The molecule has 0 radical (unpaired) electrons. The van der Waals surface area contributed by atoms with E-state index in [1.54, 1.807) is 11.1 Å². The fraction of sp³-hybridized carbons (Fsp3) is 0.238. The van der Waals surface area contributed by atoms with Crippen molar-refractivity contribution in [1.29, 1.82) is 0 Å². The Morgan fingerprint density at radius 1 is 0.788 bits per heavy atom. The standard InChI is InChI=1S/C21H16F6N6/c22-20(23,24)16-6-13(7-17(8-16)21(25,26)27)10-33(12-19-29-31-32-30-19)11-14-5-15-3-1-2-4-18(15)28-9-14/h1-9H,10-12H2,(H,29,30,31,32). The highest BCUT2D eigenvalue weighted by atomic mass is 19.4. The summed E-state index contributed by atoms with van der Waals surface area (Å²) in [5, 5.41) is 14.3. The molecule has 0 aliphatic rings. The number of hydrogen-bond acceptors (Lipinski definition) is 5. The number of alkyl halides is 6. The normalized spacial score (nSPS) is 12.6. The van der Waals surface area contributed by atoms with Gasteiger partial charge in [0.25, 0.3) is 0 Å². The molecule has 0 spiro atoms. The van der Waals surface area contributed by atoms with Gasteiger partial charge in [-0.1, -0.05) is 23.4 Å². The van der Waals surface area contributed by atoms with Gasteiger partial charge in [0, 0.05) is 24.7 Å². The van der Waals surface area contributed by atoms with Gasteiger partial charge < -0.3 is 0 Å². The topological polar surface area (TPSA) is 70.6 Å². The number of tetrazole rings is 1. The molecule has 0 saturated heterocycles. The van der Waals surface area contributed by atoms with E-state index in [2.05, 4.69) is 25.6 Å². The molecule has 0 bridgehead atoms. The molecule has 0 amide bonds. The first-order valence-corrected chi connectivity index (χ1v) is 9.64. The predicted octanol–water partition coefficient (Wildman–Crippen LogP) is 4.99. The number of hydrogen-bond donors (Lipinski definition) is 1. The maximum atomic E-state index is 13.3. The van der Waals surface area contributed by atoms with E-state index in [-0.39, 0.29) is 37.1 Å². The second kappa shape index (κ2) is 8.77. The Hall–Kier alpha value is -3.54. The van der Waals surface area contributed by atoms with Gasteiger partial charge in [-0.2, -0.15) is 31.6 Å². The minimum absolute atomic E-state index is 0.0426. The molecule has 12 heteroatoms. The van der Waals surface area contributed by atoms with Gasteiger partial charge in [-0.3, -0.25) is 9.88 Å². The summed E-state index contributed by atoms with van der Waals surface area (Å²) in [6.45, 7) is 0.0132. The lowest BCUT2D eigenvalue weighted by atomic mass is 10.0. The molecule has 4 aromatic rings. The minimum atomic E-state index is -4.92. The fourth-order valence-corrected chi connectivity index (χ4v) is 3.45. The Labute approximate surface area is 183 Å². The fourth-order valence-electron chi connectivity index (χ4n) is 3.45. The van der Waals surface area contributed by atoms with Crippen LogP contribution in [-0.2, 0) is 32.0 Å². The molecule has 0 saturated carbocycles. The zero-order valence-corrected chi connectivity index (χ0v) is 16.8. The van der Waals surface area contributed by atoms with Crippen LogP contribution in [0.3, 0.4) is 0 Å². The Balaban J connectivity index is 1.67. The van der Waals surface area contributed by atoms with Crippen molar-refractivity contribution in [3.05, 3.63) is 82.8 Å². The molecule has 172 valence electrons. The van der Waals surface area contributed by atoms with Crippen LogP contribution in [0, 0.1) is 0 Å². The van der Waals surface area contributed by atoms with Crippen LogP contribution in [-0.4, -0.2) is 30.5 Å². The van der Waals surface area contributed by atoms with E-state index in [1.807, 2.05) is 30.3 Å². The Bertz CT molecular complexity index is 1200. The monoisotopic (exact) mass is 466 g/mol. The summed E-state index contributed by atoms with van der Waals surface area (Å²) in [6, 6.07) is 10.8. The van der Waals surface area contributed by atoms with Crippen molar-refractivity contribution in [2.24, 2.45) is 0 Å². The van der Waals surface area contributed by atoms with E-state index in [9.17, 15) is 26.3 Å². The summed E-state index contributed by atoms with van der Waals surface area (Å²) in [5.41, 5.74) is -1.38. The van der Waals surface area contributed by atoms with Gasteiger partial charge in [-0.05, 0) is 41.5 Å². The third kappa shape index (κ3) is 5.64. The van der Waals surface area contributed by atoms with Crippen molar-refractivity contribution in [2.75, 3.05) is 0 Å². The maximum Gasteiger partial charge on any atom is 0.416 e. The maximum absolute atomic E-state index is 13.3. The second-order valence-electron chi connectivity index (χ2n) is 7.42. The Morgan fingerprint density at radius 3 is 2.09 bits per heavy atom. The van der Waals surface area contributed by atoms with Crippen molar-refractivity contribution in [2.45, 2.75) is 32.0 Å². The third-order valence-electron chi connectivity index (χ3n) is 4.86. The molecule has 0 atom stereocenters. The van der Waals surface area contributed by atoms with Crippen molar-refractivity contribution in [3.8, 4) is 0 Å². The highest BCUT2D eigenvalue weighted by Crippen LogP contribution is 2.36. The molecular formula is C21H16F6N6. The van der Waals surface area contributed by atoms with Crippen LogP contribution in [0.2, 0.25) is 0 Å². The van der Waals surface area contributed by atoms with Gasteiger partial charge in [0.1, 0.15) is 0 Å². The van der Waals surface area contributed by atoms with E-state index >= 15 is 0 Å². The van der Waals surface area contributed by atoms with Crippen molar-refractivity contribution in [1.82, 2.24) is 30.5 Å². The number of nitrogens with zero attached hydrogens (tertiary/aromatic N) is 5. The van der Waals surface area contributed by atoms with Crippen LogP contribution in [0.25, 0.3) is 10.9 Å². The molecule has 2 aromatic carbocycles. The highest BCUT2D eigenvalue weighted by Gasteiger charge is 2.37. The highest BCUT2D eigenvalue weighted by molar-refractivity contribution is 5.78. The zero-order valence-electron chi connectivity index (χ0n) is 16.8. The number of nitrogens with one attached hydrogen (secondary N) is 1. The summed E-state index contributed by atoms with van der Waals surface area (Å²) in [4.78, 5) is 5.97. The van der Waals surface area contributed by atoms with Crippen molar-refractivity contribution >= 4 is 10.9 Å². The first-order valence-electron chi connectivity index (χ1n) is 9.64. The number of halogens is 6. The molecule has 4 rings (SSSR count). The second-order valence-corrected chi connectivity index (χ2v) is 7.42. The first-order chi connectivity index (χ1) is 15.6. The van der Waals surface area contributed by atoms with E-state index in [0.717, 1.165) is 28.6 Å². The number of benzene rings is 2. The smallest absolute Gasteiger partial charge is 0.287 e. The molecule has 1 N–H and O–H groups in total. The van der Waals surface area contributed by atoms with Crippen molar-refractivity contribution < 1.29 is 26.3 Å². The van der Waals surface area contributed by atoms with Crippen LogP contribution in [0.5, 0.6) is 0 Å². The summed E-state index contributed by atoms with van der Waals surface area (Å²) in [7, 11) is 0. The number of aromatic amines is 1. The van der Waals surface area contributed by atoms with Crippen LogP contribution in [0.15, 0.2) is 54.7 Å². The minimum Gasteiger partial charge on any atom is -0.287 e. The van der Waals surface area contributed by atoms with E-state index < -0.39 is 23.5 Å². The summed E-state index contributed by atoms with van der Waals surface area (Å²) < 4.78 is 79.5. The molecule has 2 heterocycles. The van der Waals surface area contributed by atoms with Gasteiger partial charge >= 0.3 is 12.4 Å². The number of H-pyrrole nitrogens is 1. The molecule has 0 fully saturated rings. The predicted molar refractivity (Wildman–Crippen MR) is 105 cm³/mol. The lowest BCUT2D eigenvalue weighted by molar-refractivity contribution is -0.143. The number of para-hydroxylation sites is 1. The molecule has 33 heavy (non-hydrogen) atoms. The zero-order chi connectivity index (χ0) is 23.6. The van der Waals surface area contributed by atoms with Crippen LogP contribution in [0.4, 0.5) is 26.3 Å². The van der Waals surface area contributed by atoms with Crippen LogP contribution < -0.4 is 0 Å². The van der Waals surface area contributed by atoms with Crippen LogP contribution >= 0.6 is 0 Å². The van der Waals surface area contributed by atoms with E-state index in [0.29, 0.717) is 0 Å². The SMILES string of the molecule is FC(F)(F)c1cc(CN(Cc2cnc3ccccc3c2)Cc2nn[nH]n2)cc(C(F)(F)F)c1. The molecule has 2 aromatic heterocycles. The summed E-state index contributed by atoms with van der Waals surface area (Å²) >= 11 is 0. The average molecular weight is 466 g/mol. The van der Waals surface area contributed by atoms with Gasteiger partial charge in [0.05, 0.1) is 23.2 Å². The number of fused-ring (bicyclic) bond motifs is 1. The molecule has 0 unspecified atom stereocenters. The third-order valence-corrected chi connectivity index (χ3v) is 4.86. The molecule has 0 aliphatic heterocycles. The van der Waals surface area contributed by atoms with E-state index in [4.69, 9.17) is 0 Å². The summed E-state index contributed by atoms with van der Waals surface area (Å²) in [5.74, 6) is 0.242. The van der Waals surface area contributed by atoms with E-state index in [1.165, 1.54) is 0 Å². The van der Waals surface area contributed by atoms with Gasteiger partial charge in [-0.15, -0.1) is 10.2 Å². The van der Waals surface area contributed by atoms with Gasteiger partial charge in [0.2, 0.25) is 0 Å². The van der Waals surface area contributed by atoms with Crippen LogP contribution in [0.1, 0.15) is 28.1 Å². The Morgan fingerprint density at radius 2 is 1.45 bits per heavy atom. The van der Waals surface area contributed by atoms with Gasteiger partial charge in [-0.25, -0.2) is 0 Å². The quantitative estimate of drug-likeness (QED) is 0.406. The molecule has 6 nitrogen and oxygen atoms in total. The Kier molecular flexibility index (Phi) is 6.02. The summed E-state index contributed by atoms with van der Waals surface area (Å²) in [6.07, 6.45) is -8.23.